The van der Waals surface area contributed by atoms with E-state index in [1.807, 2.05) is 17.8 Å². The lowest BCUT2D eigenvalue weighted by Gasteiger charge is -2.23. The molecule has 0 aliphatic heterocycles. The van der Waals surface area contributed by atoms with Crippen LogP contribution in [0.1, 0.15) is 45.3 Å². The van der Waals surface area contributed by atoms with Crippen molar-refractivity contribution in [2.75, 3.05) is 13.7 Å². The first-order valence-corrected chi connectivity index (χ1v) is 6.30. The van der Waals surface area contributed by atoms with Gasteiger partial charge in [-0.1, -0.05) is 6.92 Å². The van der Waals surface area contributed by atoms with Crippen molar-refractivity contribution in [3.8, 4) is 0 Å². The van der Waals surface area contributed by atoms with E-state index in [4.69, 9.17) is 10.5 Å². The number of aromatic nitrogens is 2. The number of hydrogen-bond acceptors (Lipinski definition) is 3. The van der Waals surface area contributed by atoms with E-state index in [2.05, 4.69) is 25.0 Å². The van der Waals surface area contributed by atoms with Crippen molar-refractivity contribution in [1.29, 1.82) is 0 Å². The summed E-state index contributed by atoms with van der Waals surface area (Å²) in [7, 11) is 1.70. The largest absolute Gasteiger partial charge is 0.385 e. The molecule has 0 fully saturated rings. The van der Waals surface area contributed by atoms with E-state index in [9.17, 15) is 0 Å². The van der Waals surface area contributed by atoms with Crippen molar-refractivity contribution in [3.63, 3.8) is 0 Å². The number of methoxy groups -OCH3 is 1. The van der Waals surface area contributed by atoms with Gasteiger partial charge in [0.1, 0.15) is 0 Å². The summed E-state index contributed by atoms with van der Waals surface area (Å²) in [5, 5.41) is 4.57. The molecule has 17 heavy (non-hydrogen) atoms. The number of rotatable bonds is 7. The van der Waals surface area contributed by atoms with Crippen molar-refractivity contribution in [2.24, 2.45) is 5.73 Å². The molecule has 0 radical (unpaired) electrons. The van der Waals surface area contributed by atoms with Gasteiger partial charge in [0.2, 0.25) is 0 Å². The average molecular weight is 239 g/mol. The number of nitrogens with zero attached hydrogens (tertiary/aromatic N) is 2. The molecule has 2 atom stereocenters. The number of hydrogen-bond donors (Lipinski definition) is 1. The third-order valence-corrected chi connectivity index (χ3v) is 3.17. The molecule has 4 heteroatoms. The van der Waals surface area contributed by atoms with Crippen LogP contribution in [0.4, 0.5) is 0 Å². The molecule has 0 aromatic carbocycles. The molecule has 2 unspecified atom stereocenters. The van der Waals surface area contributed by atoms with Gasteiger partial charge in [-0.15, -0.1) is 0 Å². The topological polar surface area (TPSA) is 53.1 Å². The van der Waals surface area contributed by atoms with Crippen LogP contribution in [0, 0.1) is 0 Å². The molecule has 0 spiro atoms. The lowest BCUT2D eigenvalue weighted by atomic mass is 9.94. The molecule has 0 saturated carbocycles. The summed E-state index contributed by atoms with van der Waals surface area (Å²) in [5.74, 6) is 0. The molecule has 0 amide bonds. The van der Waals surface area contributed by atoms with Crippen molar-refractivity contribution in [3.05, 3.63) is 18.0 Å². The van der Waals surface area contributed by atoms with Gasteiger partial charge < -0.3 is 10.5 Å². The van der Waals surface area contributed by atoms with E-state index in [1.54, 1.807) is 7.11 Å². The summed E-state index contributed by atoms with van der Waals surface area (Å²) in [6.45, 7) is 7.08. The van der Waals surface area contributed by atoms with Crippen LogP contribution < -0.4 is 5.73 Å². The van der Waals surface area contributed by atoms with Crippen LogP contribution >= 0.6 is 0 Å². The Kier molecular flexibility index (Phi) is 5.15. The zero-order valence-corrected chi connectivity index (χ0v) is 11.4. The lowest BCUT2D eigenvalue weighted by Crippen LogP contribution is -2.39. The van der Waals surface area contributed by atoms with Gasteiger partial charge in [0, 0.05) is 37.9 Å². The van der Waals surface area contributed by atoms with Crippen LogP contribution in [0.25, 0.3) is 0 Å². The molecule has 0 bridgehead atoms. The second-order valence-corrected chi connectivity index (χ2v) is 5.12. The van der Waals surface area contributed by atoms with Gasteiger partial charge in [-0.05, 0) is 32.8 Å². The predicted octanol–water partition coefficient (Wildman–Crippen LogP) is 2.15. The van der Waals surface area contributed by atoms with E-state index in [0.29, 0.717) is 12.6 Å². The summed E-state index contributed by atoms with van der Waals surface area (Å²) < 4.78 is 7.09. The molecule has 1 aromatic heterocycles. The highest BCUT2D eigenvalue weighted by atomic mass is 16.5. The average Bonchev–Trinajstić information content (AvgIpc) is 2.73. The Labute approximate surface area is 104 Å². The molecule has 2 N–H and O–H groups in total. The Morgan fingerprint density at radius 1 is 1.59 bits per heavy atom. The Bertz CT molecular complexity index is 333. The highest BCUT2D eigenvalue weighted by Crippen LogP contribution is 2.15. The Morgan fingerprint density at radius 3 is 2.88 bits per heavy atom. The molecular formula is C13H25N3O. The molecule has 0 aliphatic rings. The van der Waals surface area contributed by atoms with Gasteiger partial charge in [-0.3, -0.25) is 4.68 Å². The van der Waals surface area contributed by atoms with Gasteiger partial charge in [-0.2, -0.15) is 5.10 Å². The van der Waals surface area contributed by atoms with Crippen LogP contribution in [0.2, 0.25) is 0 Å². The van der Waals surface area contributed by atoms with Crippen LogP contribution in [0.5, 0.6) is 0 Å². The first kappa shape index (κ1) is 14.2. The van der Waals surface area contributed by atoms with Gasteiger partial charge in [0.05, 0.1) is 5.69 Å². The van der Waals surface area contributed by atoms with E-state index in [1.165, 1.54) is 0 Å². The Morgan fingerprint density at radius 2 is 2.29 bits per heavy atom. The van der Waals surface area contributed by atoms with Crippen LogP contribution in [-0.4, -0.2) is 29.0 Å². The van der Waals surface area contributed by atoms with Crippen molar-refractivity contribution < 1.29 is 4.74 Å². The predicted molar refractivity (Wildman–Crippen MR) is 70.0 cm³/mol. The number of ether oxygens (including phenoxy) is 1. The van der Waals surface area contributed by atoms with Gasteiger partial charge in [-0.25, -0.2) is 0 Å². The van der Waals surface area contributed by atoms with Crippen molar-refractivity contribution in [2.45, 2.75) is 51.6 Å². The first-order chi connectivity index (χ1) is 7.98. The third-order valence-electron chi connectivity index (χ3n) is 3.17. The Hall–Kier alpha value is -0.870. The van der Waals surface area contributed by atoms with Crippen molar-refractivity contribution in [1.82, 2.24) is 9.78 Å². The summed E-state index contributed by atoms with van der Waals surface area (Å²) in [4.78, 5) is 0. The van der Waals surface area contributed by atoms with Gasteiger partial charge >= 0.3 is 0 Å². The lowest BCUT2D eigenvalue weighted by molar-refractivity contribution is 0.171. The second kappa shape index (κ2) is 6.17. The molecular weight excluding hydrogens is 214 g/mol. The molecule has 98 valence electrons. The summed E-state index contributed by atoms with van der Waals surface area (Å²) in [6, 6.07) is 2.51. The monoisotopic (exact) mass is 239 g/mol. The van der Waals surface area contributed by atoms with Gasteiger partial charge in [0.25, 0.3) is 0 Å². The first-order valence-electron chi connectivity index (χ1n) is 6.30. The molecule has 0 aliphatic carbocycles. The fraction of sp³-hybridized carbons (Fsp3) is 0.769. The quantitative estimate of drug-likeness (QED) is 0.793. The molecule has 0 saturated heterocycles. The third kappa shape index (κ3) is 4.48. The summed E-state index contributed by atoms with van der Waals surface area (Å²) >= 11 is 0. The minimum Gasteiger partial charge on any atom is -0.385 e. The van der Waals surface area contributed by atoms with E-state index < -0.39 is 0 Å². The SMILES string of the molecule is CCC(C)n1ccc(CC(C)(N)CCOC)n1. The molecule has 4 nitrogen and oxygen atoms in total. The zero-order valence-electron chi connectivity index (χ0n) is 11.4. The zero-order chi connectivity index (χ0) is 12.9. The maximum Gasteiger partial charge on any atom is 0.0642 e. The van der Waals surface area contributed by atoms with Gasteiger partial charge in [0.15, 0.2) is 0 Å². The summed E-state index contributed by atoms with van der Waals surface area (Å²) in [5.41, 5.74) is 7.04. The standard InChI is InChI=1S/C13H25N3O/c1-5-11(2)16-8-6-12(15-16)10-13(3,14)7-9-17-4/h6,8,11H,5,7,9-10,14H2,1-4H3. The van der Waals surface area contributed by atoms with E-state index in [0.717, 1.165) is 25.0 Å². The van der Waals surface area contributed by atoms with Crippen LogP contribution in [0.3, 0.4) is 0 Å². The maximum absolute atomic E-state index is 6.22. The summed E-state index contributed by atoms with van der Waals surface area (Å²) in [6.07, 6.45) is 4.76. The molecule has 1 heterocycles. The highest BCUT2D eigenvalue weighted by Gasteiger charge is 2.20. The highest BCUT2D eigenvalue weighted by molar-refractivity contribution is 5.05. The minimum atomic E-state index is -0.245. The van der Waals surface area contributed by atoms with E-state index in [-0.39, 0.29) is 5.54 Å². The van der Waals surface area contributed by atoms with Crippen molar-refractivity contribution >= 4 is 0 Å². The normalized spacial score (nSPS) is 16.8. The number of nitrogens with two attached hydrogens (primary N) is 1. The molecule has 1 rings (SSSR count). The minimum absolute atomic E-state index is 0.245. The van der Waals surface area contributed by atoms with Crippen LogP contribution in [-0.2, 0) is 11.2 Å². The van der Waals surface area contributed by atoms with Crippen LogP contribution in [0.15, 0.2) is 12.3 Å². The fourth-order valence-corrected chi connectivity index (χ4v) is 1.74. The second-order valence-electron chi connectivity index (χ2n) is 5.12. The maximum atomic E-state index is 6.22. The van der Waals surface area contributed by atoms with E-state index >= 15 is 0 Å². The smallest absolute Gasteiger partial charge is 0.0642 e. The molecule has 1 aromatic rings. The fourth-order valence-electron chi connectivity index (χ4n) is 1.74. The Balaban J connectivity index is 2.59.